The van der Waals surface area contributed by atoms with Crippen LogP contribution in [0, 0.1) is 6.92 Å². The van der Waals surface area contributed by atoms with E-state index < -0.39 is 5.60 Å². The summed E-state index contributed by atoms with van der Waals surface area (Å²) >= 11 is 0. The van der Waals surface area contributed by atoms with Crippen molar-refractivity contribution in [3.63, 3.8) is 0 Å². The Morgan fingerprint density at radius 1 is 1.33 bits per heavy atom. The molecule has 0 spiro atoms. The fraction of sp³-hybridized carbons (Fsp3) is 0.444. The number of carbonyl (C=O) groups excluding carboxylic acids is 1. The lowest BCUT2D eigenvalue weighted by molar-refractivity contribution is -0.129. The summed E-state index contributed by atoms with van der Waals surface area (Å²) in [5.41, 5.74) is -1.43. The molecule has 2 N–H and O–H groups in total. The highest BCUT2D eigenvalue weighted by atomic mass is 16.5. The number of carbonyl (C=O) groups is 1. The van der Waals surface area contributed by atoms with Crippen LogP contribution in [0.25, 0.3) is 0 Å². The van der Waals surface area contributed by atoms with E-state index in [1.807, 2.05) is 0 Å². The lowest BCUT2D eigenvalue weighted by atomic mass is 10.1. The summed E-state index contributed by atoms with van der Waals surface area (Å²) in [5.74, 6) is 0.362. The molecule has 0 bridgehead atoms. The molecule has 2 rings (SSSR count). The van der Waals surface area contributed by atoms with E-state index in [0.717, 1.165) is 0 Å². The molecular weight excluding hydrogens is 198 g/mol. The maximum absolute atomic E-state index is 11.5. The van der Waals surface area contributed by atoms with Gasteiger partial charge in [0.05, 0.1) is 0 Å². The van der Waals surface area contributed by atoms with Gasteiger partial charge in [0.1, 0.15) is 5.82 Å². The van der Waals surface area contributed by atoms with E-state index in [9.17, 15) is 9.59 Å². The van der Waals surface area contributed by atoms with Crippen molar-refractivity contribution in [2.24, 2.45) is 0 Å². The first-order valence-electron chi connectivity index (χ1n) is 4.51. The molecule has 80 valence electrons. The lowest BCUT2D eigenvalue weighted by Crippen LogP contribution is -2.47. The molecule has 1 amide bonds. The van der Waals surface area contributed by atoms with Crippen molar-refractivity contribution in [3.05, 3.63) is 16.2 Å². The number of aromatic nitrogens is 2. The smallest absolute Gasteiger partial charge is 0.295 e. The largest absolute Gasteiger partial charge is 0.469 e. The van der Waals surface area contributed by atoms with Crippen molar-refractivity contribution in [1.29, 1.82) is 0 Å². The predicted octanol–water partition coefficient (Wildman–Crippen LogP) is 0.188. The average Bonchev–Trinajstić information content (AvgIpc) is 2.09. The summed E-state index contributed by atoms with van der Waals surface area (Å²) < 4.78 is 5.30. The number of ether oxygens (including phenoxy) is 1. The third-order valence-corrected chi connectivity index (χ3v) is 2.13. The minimum atomic E-state index is -1.04. The molecule has 1 aromatic rings. The molecule has 0 unspecified atom stereocenters. The fourth-order valence-corrected chi connectivity index (χ4v) is 1.31. The van der Waals surface area contributed by atoms with Crippen LogP contribution in [-0.2, 0) is 4.79 Å². The highest BCUT2D eigenvalue weighted by molar-refractivity contribution is 5.99. The third kappa shape index (κ3) is 1.47. The molecule has 6 heteroatoms. The summed E-state index contributed by atoms with van der Waals surface area (Å²) in [6.45, 7) is 4.81. The minimum absolute atomic E-state index is 0.0604. The molecule has 2 heterocycles. The highest BCUT2D eigenvalue weighted by Crippen LogP contribution is 2.27. The van der Waals surface area contributed by atoms with E-state index in [1.165, 1.54) is 0 Å². The Morgan fingerprint density at radius 2 is 2.00 bits per heavy atom. The van der Waals surface area contributed by atoms with Gasteiger partial charge in [-0.25, -0.2) is 4.98 Å². The number of fused-ring (bicyclic) bond motifs is 1. The number of amides is 1. The van der Waals surface area contributed by atoms with Crippen LogP contribution in [0.5, 0.6) is 5.75 Å². The van der Waals surface area contributed by atoms with E-state index in [4.69, 9.17) is 4.74 Å². The van der Waals surface area contributed by atoms with Crippen molar-refractivity contribution in [1.82, 2.24) is 9.97 Å². The summed E-state index contributed by atoms with van der Waals surface area (Å²) in [7, 11) is 0. The first-order chi connectivity index (χ1) is 6.90. The Hall–Kier alpha value is -1.85. The van der Waals surface area contributed by atoms with Gasteiger partial charge in [-0.3, -0.25) is 9.59 Å². The van der Waals surface area contributed by atoms with Crippen molar-refractivity contribution < 1.29 is 9.53 Å². The number of hydrogen-bond acceptors (Lipinski definition) is 4. The Labute approximate surface area is 85.7 Å². The van der Waals surface area contributed by atoms with Crippen LogP contribution in [0.15, 0.2) is 4.79 Å². The molecule has 0 aromatic carbocycles. The number of hydrogen-bond donors (Lipinski definition) is 2. The van der Waals surface area contributed by atoms with Gasteiger partial charge < -0.3 is 15.0 Å². The number of rotatable bonds is 0. The quantitative estimate of drug-likeness (QED) is 0.638. The Bertz CT molecular complexity index is 490. The monoisotopic (exact) mass is 209 g/mol. The zero-order valence-corrected chi connectivity index (χ0v) is 8.67. The van der Waals surface area contributed by atoms with Gasteiger partial charge in [0.2, 0.25) is 5.75 Å². The molecule has 15 heavy (non-hydrogen) atoms. The number of aromatic amines is 1. The second-order valence-electron chi connectivity index (χ2n) is 3.90. The van der Waals surface area contributed by atoms with Crippen molar-refractivity contribution >= 4 is 11.7 Å². The fourth-order valence-electron chi connectivity index (χ4n) is 1.31. The summed E-state index contributed by atoms with van der Waals surface area (Å²) in [6, 6.07) is 0. The second kappa shape index (κ2) is 2.82. The van der Waals surface area contributed by atoms with Crippen LogP contribution in [0.2, 0.25) is 0 Å². The van der Waals surface area contributed by atoms with Gasteiger partial charge in [-0.15, -0.1) is 0 Å². The van der Waals surface area contributed by atoms with Crippen molar-refractivity contribution in [2.75, 3.05) is 5.32 Å². The molecule has 0 atom stereocenters. The summed E-state index contributed by atoms with van der Waals surface area (Å²) in [5, 5.41) is 2.54. The maximum Gasteiger partial charge on any atom is 0.295 e. The molecule has 0 saturated carbocycles. The van der Waals surface area contributed by atoms with Crippen LogP contribution in [0.3, 0.4) is 0 Å². The van der Waals surface area contributed by atoms with E-state index in [-0.39, 0.29) is 23.0 Å². The Kier molecular flexibility index (Phi) is 1.82. The number of anilines is 1. The Morgan fingerprint density at radius 3 is 2.67 bits per heavy atom. The molecule has 0 fully saturated rings. The van der Waals surface area contributed by atoms with Gasteiger partial charge in [-0.05, 0) is 20.8 Å². The molecule has 0 radical (unpaired) electrons. The first kappa shape index (κ1) is 9.70. The topological polar surface area (TPSA) is 84.1 Å². The zero-order valence-electron chi connectivity index (χ0n) is 8.67. The van der Waals surface area contributed by atoms with Gasteiger partial charge in [-0.1, -0.05) is 0 Å². The van der Waals surface area contributed by atoms with Gasteiger partial charge in [0.15, 0.2) is 11.4 Å². The molecule has 6 nitrogen and oxygen atoms in total. The van der Waals surface area contributed by atoms with Crippen LogP contribution >= 0.6 is 0 Å². The SMILES string of the molecule is Cc1nc2c(c(=O)[nH]1)OC(C)(C)C(=O)N2. The van der Waals surface area contributed by atoms with E-state index >= 15 is 0 Å². The van der Waals surface area contributed by atoms with Gasteiger partial charge >= 0.3 is 0 Å². The predicted molar refractivity (Wildman–Crippen MR) is 52.9 cm³/mol. The standard InChI is InChI=1S/C9H11N3O3/c1-4-10-6-5(7(13)11-4)15-9(2,3)8(14)12-6/h1-3H3,(H2,10,11,12,13,14). The normalized spacial score (nSPS) is 17.7. The number of aryl methyl sites for hydroxylation is 1. The maximum atomic E-state index is 11.5. The van der Waals surface area contributed by atoms with Gasteiger partial charge in [0, 0.05) is 0 Å². The van der Waals surface area contributed by atoms with Crippen LogP contribution in [0.4, 0.5) is 5.82 Å². The lowest BCUT2D eigenvalue weighted by Gasteiger charge is -2.29. The minimum Gasteiger partial charge on any atom is -0.469 e. The average molecular weight is 209 g/mol. The molecule has 0 saturated heterocycles. The Balaban J connectivity index is 2.60. The van der Waals surface area contributed by atoms with Gasteiger partial charge in [0.25, 0.3) is 11.5 Å². The van der Waals surface area contributed by atoms with Crippen LogP contribution in [0.1, 0.15) is 19.7 Å². The zero-order chi connectivity index (χ0) is 11.2. The summed E-state index contributed by atoms with van der Waals surface area (Å²) in [6.07, 6.45) is 0. The summed E-state index contributed by atoms with van der Waals surface area (Å²) in [4.78, 5) is 29.5. The van der Waals surface area contributed by atoms with Crippen molar-refractivity contribution in [2.45, 2.75) is 26.4 Å². The molecular formula is C9H11N3O3. The van der Waals surface area contributed by atoms with E-state index in [0.29, 0.717) is 5.82 Å². The molecule has 1 aliphatic rings. The molecule has 1 aliphatic heterocycles. The number of nitrogens with one attached hydrogen (secondary N) is 2. The first-order valence-corrected chi connectivity index (χ1v) is 4.51. The molecule has 0 aliphatic carbocycles. The van der Waals surface area contributed by atoms with Crippen LogP contribution < -0.4 is 15.6 Å². The van der Waals surface area contributed by atoms with Crippen molar-refractivity contribution in [3.8, 4) is 5.75 Å². The molecule has 1 aromatic heterocycles. The third-order valence-electron chi connectivity index (χ3n) is 2.13. The number of nitrogens with zero attached hydrogens (tertiary/aromatic N) is 1. The van der Waals surface area contributed by atoms with Crippen LogP contribution in [-0.4, -0.2) is 21.5 Å². The number of H-pyrrole nitrogens is 1. The van der Waals surface area contributed by atoms with Gasteiger partial charge in [-0.2, -0.15) is 0 Å². The van der Waals surface area contributed by atoms with E-state index in [1.54, 1.807) is 20.8 Å². The highest BCUT2D eigenvalue weighted by Gasteiger charge is 2.37. The van der Waals surface area contributed by atoms with E-state index in [2.05, 4.69) is 15.3 Å². The second-order valence-corrected chi connectivity index (χ2v) is 3.90.